The third kappa shape index (κ3) is 3.28. The molecule has 1 aliphatic rings. The zero-order chi connectivity index (χ0) is 14.8. The molecule has 0 bridgehead atoms. The third-order valence-electron chi connectivity index (χ3n) is 3.06. The molecule has 0 saturated carbocycles. The number of hydrogen-bond donors (Lipinski definition) is 0. The zero-order valence-corrected chi connectivity index (χ0v) is 12.8. The normalized spacial score (nSPS) is 18.1. The van der Waals surface area contributed by atoms with Crippen molar-refractivity contribution >= 4 is 34.5 Å². The number of amides is 1. The molecule has 2 aromatic carbocycles. The van der Waals surface area contributed by atoms with Crippen LogP contribution in [0.4, 0.5) is 4.79 Å². The summed E-state index contributed by atoms with van der Waals surface area (Å²) in [5, 5.41) is 1.30. The molecule has 1 atom stereocenters. The second-order valence-electron chi connectivity index (χ2n) is 4.67. The fourth-order valence-corrected chi connectivity index (χ4v) is 3.09. The fraction of sp³-hybridized carbons (Fsp3) is 0.125. The Morgan fingerprint density at radius 2 is 1.76 bits per heavy atom. The minimum atomic E-state index is -0.565. The molecule has 1 unspecified atom stereocenters. The summed E-state index contributed by atoms with van der Waals surface area (Å²) in [6.45, 7) is 2.02. The number of aliphatic imine (C=N–C) groups is 1. The Morgan fingerprint density at radius 1 is 1.10 bits per heavy atom. The number of cyclic esters (lactones) is 1. The van der Waals surface area contributed by atoms with Crippen molar-refractivity contribution in [1.29, 1.82) is 0 Å². The van der Waals surface area contributed by atoms with Gasteiger partial charge < -0.3 is 4.74 Å². The Balaban J connectivity index is 1.88. The number of aryl methyl sites for hydroxylation is 1. The van der Waals surface area contributed by atoms with Crippen molar-refractivity contribution in [2.75, 3.05) is 0 Å². The standard InChI is InChI=1S/C16H12ClNO2S/c1-10-2-4-12(5-3-10)15-20-16(19)18-14(21-15)11-6-8-13(17)9-7-11/h2-9,15H,1H3. The van der Waals surface area contributed by atoms with Crippen molar-refractivity contribution in [1.82, 2.24) is 0 Å². The number of thioether (sulfide) groups is 1. The Morgan fingerprint density at radius 3 is 2.43 bits per heavy atom. The molecule has 3 nitrogen and oxygen atoms in total. The molecule has 0 saturated heterocycles. The summed E-state index contributed by atoms with van der Waals surface area (Å²) in [4.78, 5) is 15.7. The second kappa shape index (κ2) is 5.92. The molecule has 0 aliphatic carbocycles. The van der Waals surface area contributed by atoms with Crippen LogP contribution in [0.2, 0.25) is 5.02 Å². The van der Waals surface area contributed by atoms with Gasteiger partial charge in [-0.05, 0) is 19.1 Å². The molecule has 5 heteroatoms. The van der Waals surface area contributed by atoms with Gasteiger partial charge in [0, 0.05) is 16.1 Å². The summed E-state index contributed by atoms with van der Waals surface area (Å²) < 4.78 is 5.30. The molecule has 0 radical (unpaired) electrons. The topological polar surface area (TPSA) is 38.7 Å². The van der Waals surface area contributed by atoms with Gasteiger partial charge in [0.15, 0.2) is 5.44 Å². The first-order valence-corrected chi connectivity index (χ1v) is 7.66. The molecule has 1 heterocycles. The maximum absolute atomic E-state index is 11.7. The number of ether oxygens (including phenoxy) is 1. The van der Waals surface area contributed by atoms with E-state index in [1.807, 2.05) is 43.3 Å². The van der Waals surface area contributed by atoms with Crippen LogP contribution in [0, 0.1) is 6.92 Å². The first-order valence-electron chi connectivity index (χ1n) is 6.40. The predicted octanol–water partition coefficient (Wildman–Crippen LogP) is 4.98. The van der Waals surface area contributed by atoms with Crippen molar-refractivity contribution in [2.24, 2.45) is 4.99 Å². The van der Waals surface area contributed by atoms with Gasteiger partial charge in [0.1, 0.15) is 5.04 Å². The van der Waals surface area contributed by atoms with Gasteiger partial charge in [0.05, 0.1) is 0 Å². The van der Waals surface area contributed by atoms with Crippen molar-refractivity contribution in [2.45, 2.75) is 12.4 Å². The number of rotatable bonds is 2. The lowest BCUT2D eigenvalue weighted by molar-refractivity contribution is 0.146. The monoisotopic (exact) mass is 317 g/mol. The van der Waals surface area contributed by atoms with Gasteiger partial charge in [0.25, 0.3) is 0 Å². The SMILES string of the molecule is Cc1ccc(C2OC(=O)N=C(c3ccc(Cl)cc3)S2)cc1. The van der Waals surface area contributed by atoms with E-state index in [9.17, 15) is 4.79 Å². The molecule has 2 aromatic rings. The van der Waals surface area contributed by atoms with Gasteiger partial charge in [-0.2, -0.15) is 4.99 Å². The summed E-state index contributed by atoms with van der Waals surface area (Å²) >= 11 is 7.30. The first-order chi connectivity index (χ1) is 10.1. The van der Waals surface area contributed by atoms with Gasteiger partial charge in [-0.3, -0.25) is 0 Å². The van der Waals surface area contributed by atoms with Gasteiger partial charge in [0.2, 0.25) is 0 Å². The van der Waals surface area contributed by atoms with Crippen LogP contribution in [0.15, 0.2) is 53.5 Å². The molecular weight excluding hydrogens is 306 g/mol. The lowest BCUT2D eigenvalue weighted by Gasteiger charge is -2.21. The highest BCUT2D eigenvalue weighted by atomic mass is 35.5. The van der Waals surface area contributed by atoms with E-state index in [2.05, 4.69) is 4.99 Å². The Bertz CT molecular complexity index is 695. The van der Waals surface area contributed by atoms with E-state index < -0.39 is 6.09 Å². The maximum atomic E-state index is 11.7. The van der Waals surface area contributed by atoms with Crippen molar-refractivity contribution in [3.05, 3.63) is 70.2 Å². The quantitative estimate of drug-likeness (QED) is 0.784. The Kier molecular flexibility index (Phi) is 3.99. The number of halogens is 1. The van der Waals surface area contributed by atoms with E-state index in [-0.39, 0.29) is 5.44 Å². The fourth-order valence-electron chi connectivity index (χ4n) is 1.94. The number of benzene rings is 2. The highest BCUT2D eigenvalue weighted by molar-refractivity contribution is 8.14. The lowest BCUT2D eigenvalue weighted by Crippen LogP contribution is -2.16. The number of carbonyl (C=O) groups is 1. The van der Waals surface area contributed by atoms with Crippen molar-refractivity contribution in [3.8, 4) is 0 Å². The van der Waals surface area contributed by atoms with Gasteiger partial charge in [-0.25, -0.2) is 4.79 Å². The highest BCUT2D eigenvalue weighted by Crippen LogP contribution is 2.37. The Labute approximate surface area is 132 Å². The van der Waals surface area contributed by atoms with Gasteiger partial charge in [-0.1, -0.05) is 65.3 Å². The van der Waals surface area contributed by atoms with Crippen LogP contribution in [0.3, 0.4) is 0 Å². The minimum absolute atomic E-state index is 0.374. The largest absolute Gasteiger partial charge is 0.436 e. The number of carbonyl (C=O) groups excluding carboxylic acids is 1. The van der Waals surface area contributed by atoms with Gasteiger partial charge >= 0.3 is 6.09 Å². The van der Waals surface area contributed by atoms with E-state index in [4.69, 9.17) is 16.3 Å². The van der Waals surface area contributed by atoms with Gasteiger partial charge in [-0.15, -0.1) is 0 Å². The van der Waals surface area contributed by atoms with E-state index in [1.165, 1.54) is 11.8 Å². The average Bonchev–Trinajstić information content (AvgIpc) is 2.48. The smallest absolute Gasteiger partial charge is 0.428 e. The van der Waals surface area contributed by atoms with Crippen LogP contribution in [0.25, 0.3) is 0 Å². The zero-order valence-electron chi connectivity index (χ0n) is 11.2. The van der Waals surface area contributed by atoms with E-state index >= 15 is 0 Å². The lowest BCUT2D eigenvalue weighted by atomic mass is 10.2. The van der Waals surface area contributed by atoms with E-state index in [0.29, 0.717) is 10.1 Å². The molecule has 0 N–H and O–H groups in total. The summed E-state index contributed by atoms with van der Waals surface area (Å²) in [5.74, 6) is 0. The molecule has 0 spiro atoms. The summed E-state index contributed by atoms with van der Waals surface area (Å²) in [7, 11) is 0. The van der Waals surface area contributed by atoms with Crippen molar-refractivity contribution in [3.63, 3.8) is 0 Å². The highest BCUT2D eigenvalue weighted by Gasteiger charge is 2.26. The predicted molar refractivity (Wildman–Crippen MR) is 86.0 cm³/mol. The van der Waals surface area contributed by atoms with Crippen LogP contribution >= 0.6 is 23.4 Å². The molecule has 106 valence electrons. The first kappa shape index (κ1) is 14.2. The van der Waals surface area contributed by atoms with Crippen LogP contribution in [0.1, 0.15) is 22.1 Å². The van der Waals surface area contributed by atoms with Crippen LogP contribution in [-0.4, -0.2) is 11.1 Å². The van der Waals surface area contributed by atoms with Crippen LogP contribution < -0.4 is 0 Å². The molecule has 0 fully saturated rings. The molecule has 1 aliphatic heterocycles. The van der Waals surface area contributed by atoms with E-state index in [1.54, 1.807) is 12.1 Å². The summed E-state index contributed by atoms with van der Waals surface area (Å²) in [6, 6.07) is 15.2. The molecular formula is C16H12ClNO2S. The number of nitrogens with zero attached hydrogens (tertiary/aromatic N) is 1. The summed E-state index contributed by atoms with van der Waals surface area (Å²) in [6.07, 6.45) is -0.565. The van der Waals surface area contributed by atoms with Crippen LogP contribution in [0.5, 0.6) is 0 Å². The second-order valence-corrected chi connectivity index (χ2v) is 6.16. The molecule has 21 heavy (non-hydrogen) atoms. The van der Waals surface area contributed by atoms with E-state index in [0.717, 1.165) is 16.7 Å². The molecule has 1 amide bonds. The third-order valence-corrected chi connectivity index (χ3v) is 4.44. The summed E-state index contributed by atoms with van der Waals surface area (Å²) in [5.41, 5.74) is 2.59. The average molecular weight is 318 g/mol. The van der Waals surface area contributed by atoms with Crippen molar-refractivity contribution < 1.29 is 9.53 Å². The molecule has 0 aromatic heterocycles. The maximum Gasteiger partial charge on any atom is 0.436 e. The minimum Gasteiger partial charge on any atom is -0.428 e. The van der Waals surface area contributed by atoms with Crippen LogP contribution in [-0.2, 0) is 4.74 Å². The Hall–Kier alpha value is -1.78. The molecule has 3 rings (SSSR count). The number of hydrogen-bond acceptors (Lipinski definition) is 3.